The number of H-pyrrole nitrogens is 1. The molecule has 3 rings (SSSR count). The monoisotopic (exact) mass is 255 g/mol. The molecule has 6 nitrogen and oxygen atoms in total. The largest absolute Gasteiger partial charge is 0.478 e. The molecular weight excluding hydrogens is 246 g/mol. The molecule has 0 spiro atoms. The third-order valence-corrected chi connectivity index (χ3v) is 2.62. The minimum Gasteiger partial charge on any atom is -0.478 e. The molecule has 0 aliphatic rings. The van der Waals surface area contributed by atoms with Crippen molar-refractivity contribution in [2.24, 2.45) is 0 Å². The molecule has 1 aromatic carbocycles. The number of benzene rings is 1. The van der Waals surface area contributed by atoms with E-state index in [2.05, 4.69) is 15.1 Å². The molecule has 0 aliphatic carbocycles. The summed E-state index contributed by atoms with van der Waals surface area (Å²) in [7, 11) is 0. The summed E-state index contributed by atoms with van der Waals surface area (Å²) in [6.07, 6.45) is 1.76. The van der Waals surface area contributed by atoms with Crippen molar-refractivity contribution in [1.82, 2.24) is 15.1 Å². The summed E-state index contributed by atoms with van der Waals surface area (Å²) in [6, 6.07) is 10.0. The van der Waals surface area contributed by atoms with Gasteiger partial charge in [0.05, 0.1) is 11.3 Å². The second-order valence-corrected chi connectivity index (χ2v) is 3.89. The van der Waals surface area contributed by atoms with Gasteiger partial charge in [-0.1, -0.05) is 11.2 Å². The second kappa shape index (κ2) is 4.41. The molecule has 0 saturated carbocycles. The van der Waals surface area contributed by atoms with E-state index in [4.69, 9.17) is 9.63 Å². The van der Waals surface area contributed by atoms with Crippen molar-refractivity contribution in [3.05, 3.63) is 48.2 Å². The zero-order valence-corrected chi connectivity index (χ0v) is 9.70. The highest BCUT2D eigenvalue weighted by molar-refractivity contribution is 5.89. The first-order valence-corrected chi connectivity index (χ1v) is 5.55. The van der Waals surface area contributed by atoms with Crippen LogP contribution in [0.5, 0.6) is 0 Å². The number of carboxylic acid groups (broad SMARTS) is 1. The summed E-state index contributed by atoms with van der Waals surface area (Å²) in [5, 5.41) is 12.8. The van der Waals surface area contributed by atoms with E-state index in [9.17, 15) is 4.79 Å². The van der Waals surface area contributed by atoms with Gasteiger partial charge in [-0.05, 0) is 30.3 Å². The molecule has 2 N–H and O–H groups in total. The zero-order chi connectivity index (χ0) is 13.2. The average molecular weight is 255 g/mol. The number of rotatable bonds is 3. The van der Waals surface area contributed by atoms with Crippen LogP contribution >= 0.6 is 0 Å². The summed E-state index contributed by atoms with van der Waals surface area (Å²) < 4.78 is 5.14. The third kappa shape index (κ3) is 2.11. The van der Waals surface area contributed by atoms with E-state index in [0.717, 1.165) is 5.69 Å². The lowest BCUT2D eigenvalue weighted by atomic mass is 10.1. The van der Waals surface area contributed by atoms with E-state index in [1.807, 2.05) is 12.1 Å². The van der Waals surface area contributed by atoms with E-state index in [0.29, 0.717) is 11.4 Å². The highest BCUT2D eigenvalue weighted by Crippen LogP contribution is 2.21. The summed E-state index contributed by atoms with van der Waals surface area (Å²) in [6.45, 7) is 0. The Morgan fingerprint density at radius 1 is 1.26 bits per heavy atom. The van der Waals surface area contributed by atoms with E-state index < -0.39 is 5.97 Å². The van der Waals surface area contributed by atoms with Crippen LogP contribution in [-0.2, 0) is 0 Å². The van der Waals surface area contributed by atoms with Crippen molar-refractivity contribution >= 4 is 5.97 Å². The maximum Gasteiger partial charge on any atom is 0.335 e. The topological polar surface area (TPSA) is 92.0 Å². The first-order chi connectivity index (χ1) is 9.24. The van der Waals surface area contributed by atoms with Crippen molar-refractivity contribution < 1.29 is 14.4 Å². The molecule has 3 aromatic rings. The van der Waals surface area contributed by atoms with Gasteiger partial charge in [0.1, 0.15) is 0 Å². The molecule has 94 valence electrons. The highest BCUT2D eigenvalue weighted by Gasteiger charge is 2.12. The van der Waals surface area contributed by atoms with Crippen molar-refractivity contribution in [2.75, 3.05) is 0 Å². The first-order valence-electron chi connectivity index (χ1n) is 5.55. The summed E-state index contributed by atoms with van der Waals surface area (Å²) in [4.78, 5) is 18.1. The number of carbonyl (C=O) groups is 1. The standard InChI is InChI=1S/C13H9N3O3/c17-13(18)9-4-1-3-8(7-9)12-15-11(16-19-12)10-5-2-6-14-10/h1-7,14H,(H,17,18). The lowest BCUT2D eigenvalue weighted by molar-refractivity contribution is 0.0697. The molecule has 6 heteroatoms. The van der Waals surface area contributed by atoms with E-state index >= 15 is 0 Å². The van der Waals surface area contributed by atoms with Gasteiger partial charge in [0, 0.05) is 11.8 Å². The molecule has 0 amide bonds. The molecule has 19 heavy (non-hydrogen) atoms. The smallest absolute Gasteiger partial charge is 0.335 e. The lowest BCUT2D eigenvalue weighted by Gasteiger charge is -1.96. The number of aromatic nitrogens is 3. The van der Waals surface area contributed by atoms with Crippen LogP contribution in [0.3, 0.4) is 0 Å². The van der Waals surface area contributed by atoms with Crippen LogP contribution in [0.4, 0.5) is 0 Å². The Bertz CT molecular complexity index is 716. The number of nitrogens with one attached hydrogen (secondary N) is 1. The van der Waals surface area contributed by atoms with Gasteiger partial charge in [-0.2, -0.15) is 4.98 Å². The first kappa shape index (κ1) is 11.2. The van der Waals surface area contributed by atoms with Crippen molar-refractivity contribution in [1.29, 1.82) is 0 Å². The van der Waals surface area contributed by atoms with Crippen LogP contribution in [0.1, 0.15) is 10.4 Å². The fourth-order valence-corrected chi connectivity index (χ4v) is 1.70. The van der Waals surface area contributed by atoms with E-state index in [-0.39, 0.29) is 11.5 Å². The number of hydrogen-bond donors (Lipinski definition) is 2. The van der Waals surface area contributed by atoms with Gasteiger partial charge < -0.3 is 14.6 Å². The Labute approximate surface area is 107 Å². The Balaban J connectivity index is 1.99. The lowest BCUT2D eigenvalue weighted by Crippen LogP contribution is -1.95. The summed E-state index contributed by atoms with van der Waals surface area (Å²) >= 11 is 0. The van der Waals surface area contributed by atoms with Gasteiger partial charge >= 0.3 is 5.97 Å². The molecule has 0 aliphatic heterocycles. The minimum atomic E-state index is -0.994. The molecule has 0 radical (unpaired) electrons. The van der Waals surface area contributed by atoms with Crippen LogP contribution in [0.2, 0.25) is 0 Å². The van der Waals surface area contributed by atoms with Crippen molar-refractivity contribution in [2.45, 2.75) is 0 Å². The van der Waals surface area contributed by atoms with Crippen LogP contribution in [0, 0.1) is 0 Å². The Hall–Kier alpha value is -2.89. The number of carboxylic acids is 1. The van der Waals surface area contributed by atoms with Crippen LogP contribution in [0.15, 0.2) is 47.1 Å². The predicted octanol–water partition coefficient (Wildman–Crippen LogP) is 2.43. The SMILES string of the molecule is O=C(O)c1cccc(-c2nc(-c3ccc[nH]3)no2)c1. The van der Waals surface area contributed by atoms with Gasteiger partial charge in [0.25, 0.3) is 5.89 Å². The van der Waals surface area contributed by atoms with Gasteiger partial charge in [-0.25, -0.2) is 4.79 Å². The van der Waals surface area contributed by atoms with Gasteiger partial charge in [0.2, 0.25) is 5.82 Å². The zero-order valence-electron chi connectivity index (χ0n) is 9.70. The molecule has 2 aromatic heterocycles. The van der Waals surface area contributed by atoms with Crippen LogP contribution in [-0.4, -0.2) is 26.2 Å². The Morgan fingerprint density at radius 3 is 2.89 bits per heavy atom. The van der Waals surface area contributed by atoms with Crippen molar-refractivity contribution in [3.63, 3.8) is 0 Å². The van der Waals surface area contributed by atoms with Gasteiger partial charge in [-0.15, -0.1) is 0 Å². The van der Waals surface area contributed by atoms with Gasteiger partial charge in [0.15, 0.2) is 0 Å². The summed E-state index contributed by atoms with van der Waals surface area (Å²) in [5.74, 6) is -0.278. The number of aromatic amines is 1. The quantitative estimate of drug-likeness (QED) is 0.749. The maximum absolute atomic E-state index is 10.9. The normalized spacial score (nSPS) is 10.5. The number of aromatic carboxylic acids is 1. The second-order valence-electron chi connectivity index (χ2n) is 3.89. The molecular formula is C13H9N3O3. The molecule has 0 atom stereocenters. The Kier molecular flexibility index (Phi) is 2.60. The van der Waals surface area contributed by atoms with Crippen LogP contribution < -0.4 is 0 Å². The average Bonchev–Trinajstić information content (AvgIpc) is 3.09. The van der Waals surface area contributed by atoms with E-state index in [1.54, 1.807) is 18.3 Å². The van der Waals surface area contributed by atoms with Crippen LogP contribution in [0.25, 0.3) is 23.0 Å². The van der Waals surface area contributed by atoms with E-state index in [1.165, 1.54) is 12.1 Å². The molecule has 0 saturated heterocycles. The highest BCUT2D eigenvalue weighted by atomic mass is 16.5. The summed E-state index contributed by atoms with van der Waals surface area (Å²) in [5.41, 5.74) is 1.49. The van der Waals surface area contributed by atoms with Gasteiger partial charge in [-0.3, -0.25) is 0 Å². The minimum absolute atomic E-state index is 0.178. The molecule has 0 bridgehead atoms. The number of hydrogen-bond acceptors (Lipinski definition) is 4. The van der Waals surface area contributed by atoms with Crippen molar-refractivity contribution in [3.8, 4) is 23.0 Å². The fourth-order valence-electron chi connectivity index (χ4n) is 1.70. The number of nitrogens with zero attached hydrogens (tertiary/aromatic N) is 2. The molecule has 0 fully saturated rings. The maximum atomic E-state index is 10.9. The molecule has 0 unspecified atom stereocenters. The predicted molar refractivity (Wildman–Crippen MR) is 66.5 cm³/mol. The fraction of sp³-hybridized carbons (Fsp3) is 0. The third-order valence-electron chi connectivity index (χ3n) is 2.62. The molecule has 2 heterocycles. The Morgan fingerprint density at radius 2 is 2.16 bits per heavy atom.